The van der Waals surface area contributed by atoms with Crippen molar-refractivity contribution in [2.24, 2.45) is 0 Å². The molecule has 1 saturated heterocycles. The number of halogens is 6. The van der Waals surface area contributed by atoms with Crippen LogP contribution in [0.2, 0.25) is 0 Å². The summed E-state index contributed by atoms with van der Waals surface area (Å²) in [5, 5.41) is 22.3. The summed E-state index contributed by atoms with van der Waals surface area (Å²) in [6, 6.07) is 6.54. The second kappa shape index (κ2) is 8.98. The molecule has 13 heteroatoms. The van der Waals surface area contributed by atoms with Gasteiger partial charge in [0.15, 0.2) is 5.13 Å². The lowest BCUT2D eigenvalue weighted by atomic mass is 9.96. The van der Waals surface area contributed by atoms with Gasteiger partial charge in [-0.1, -0.05) is 23.5 Å². The van der Waals surface area contributed by atoms with E-state index in [0.717, 1.165) is 42.9 Å². The Morgan fingerprint density at radius 1 is 1.05 bits per heavy atom. The van der Waals surface area contributed by atoms with Crippen molar-refractivity contribution in [1.29, 1.82) is 0 Å². The number of nitrogens with zero attached hydrogens (tertiary/aromatic N) is 3. The lowest BCUT2D eigenvalue weighted by Crippen LogP contribution is -2.52. The number of aromatic hydroxyl groups is 1. The summed E-state index contributed by atoms with van der Waals surface area (Å²) in [6.07, 6.45) is -5.24. The van der Waals surface area contributed by atoms with Gasteiger partial charge in [0.25, 0.3) is 0 Å². The van der Waals surface area contributed by atoms with Crippen molar-refractivity contribution < 1.29 is 31.4 Å². The molecule has 1 spiro atoms. The highest BCUT2D eigenvalue weighted by Gasteiger charge is 2.46. The summed E-state index contributed by atoms with van der Waals surface area (Å²) in [7, 11) is 0. The highest BCUT2D eigenvalue weighted by molar-refractivity contribution is 7.17. The van der Waals surface area contributed by atoms with Crippen LogP contribution in [0.1, 0.15) is 40.0 Å². The summed E-state index contributed by atoms with van der Waals surface area (Å²) in [5.41, 5.74) is -1.95. The van der Waals surface area contributed by atoms with Gasteiger partial charge in [0, 0.05) is 36.1 Å². The normalized spacial score (nSPS) is 17.8. The fourth-order valence-corrected chi connectivity index (χ4v) is 5.89. The van der Waals surface area contributed by atoms with Crippen LogP contribution in [-0.4, -0.2) is 45.5 Å². The van der Waals surface area contributed by atoms with Crippen molar-refractivity contribution in [2.75, 3.05) is 24.5 Å². The van der Waals surface area contributed by atoms with Crippen molar-refractivity contribution >= 4 is 39.0 Å². The second-order valence-electron chi connectivity index (χ2n) is 9.81. The molecule has 1 saturated carbocycles. The van der Waals surface area contributed by atoms with Gasteiger partial charge in [-0.3, -0.25) is 5.10 Å². The number of alkyl halides is 6. The molecule has 3 N–H and O–H groups in total. The highest BCUT2D eigenvalue weighted by atomic mass is 32.1. The number of fused-ring (bicyclic) bond motifs is 1. The number of hydrogen-bond donors (Lipinski definition) is 3. The van der Waals surface area contributed by atoms with Gasteiger partial charge in [-0.2, -0.15) is 36.4 Å². The fraction of sp³-hybridized carbons (Fsp3) is 0.308. The minimum absolute atomic E-state index is 0.0204. The van der Waals surface area contributed by atoms with Crippen molar-refractivity contribution in [3.8, 4) is 5.88 Å². The molecule has 4 aromatic rings. The zero-order chi connectivity index (χ0) is 27.6. The first kappa shape index (κ1) is 25.7. The minimum Gasteiger partial charge on any atom is -0.492 e. The Hall–Kier alpha value is -3.58. The fourth-order valence-electron chi connectivity index (χ4n) is 4.87. The molecule has 6 nitrogen and oxygen atoms in total. The molecule has 204 valence electrons. The highest BCUT2D eigenvalue weighted by Crippen LogP contribution is 2.45. The smallest absolute Gasteiger partial charge is 0.417 e. The van der Waals surface area contributed by atoms with Crippen LogP contribution in [0.3, 0.4) is 0 Å². The Morgan fingerprint density at radius 3 is 2.56 bits per heavy atom. The number of rotatable bonds is 4. The Kier molecular flexibility index (Phi) is 5.92. The predicted octanol–water partition coefficient (Wildman–Crippen LogP) is 6.29. The van der Waals surface area contributed by atoms with Crippen molar-refractivity contribution in [3.05, 3.63) is 69.7 Å². The first-order chi connectivity index (χ1) is 18.4. The number of hydrogen-bond acceptors (Lipinski definition) is 6. The third kappa shape index (κ3) is 4.96. The average Bonchev–Trinajstić information content (AvgIpc) is 3.27. The number of anilines is 1. The molecule has 0 amide bonds. The van der Waals surface area contributed by atoms with Crippen LogP contribution in [0.15, 0.2) is 42.6 Å². The van der Waals surface area contributed by atoms with E-state index in [0.29, 0.717) is 40.8 Å². The van der Waals surface area contributed by atoms with Gasteiger partial charge in [0.05, 0.1) is 22.8 Å². The molecule has 0 atom stereocenters. The molecule has 1 aliphatic heterocycles. The summed E-state index contributed by atoms with van der Waals surface area (Å²) in [4.78, 5) is 6.58. The molecular weight excluding hydrogens is 544 g/mol. The van der Waals surface area contributed by atoms with Crippen molar-refractivity contribution in [2.45, 2.75) is 30.7 Å². The first-order valence-electron chi connectivity index (χ1n) is 12.1. The van der Waals surface area contributed by atoms with Crippen LogP contribution in [0, 0.1) is 0 Å². The maximum atomic E-state index is 14.0. The summed E-state index contributed by atoms with van der Waals surface area (Å²) in [6.45, 7) is 2.07. The standard InChI is InChI=1S/C26H21F6N5OS/c27-25(28,29)17-3-1-15(19(11-17)26(30,31)32)10-18(14-2-4-20-16(9-14)12-34-36-20)21-22(38)35-23(39-21)37-8-7-33-24(13-37)5-6-24/h1-4,9-12,33,38H,5-8,13H2,(H,34,36). The zero-order valence-electron chi connectivity index (χ0n) is 20.1. The van der Waals surface area contributed by atoms with E-state index < -0.39 is 29.0 Å². The van der Waals surface area contributed by atoms with E-state index >= 15 is 0 Å². The molecule has 3 heterocycles. The van der Waals surface area contributed by atoms with Gasteiger partial charge < -0.3 is 15.3 Å². The van der Waals surface area contributed by atoms with Gasteiger partial charge in [-0.05, 0) is 54.3 Å². The molecule has 2 aliphatic rings. The first-order valence-corrected chi connectivity index (χ1v) is 12.9. The number of piperazine rings is 1. The third-order valence-electron chi connectivity index (χ3n) is 7.08. The number of aromatic nitrogens is 3. The maximum Gasteiger partial charge on any atom is 0.417 e. The number of benzene rings is 2. The topological polar surface area (TPSA) is 77.1 Å². The monoisotopic (exact) mass is 565 g/mol. The molecule has 1 aliphatic carbocycles. The Balaban J connectivity index is 1.50. The van der Waals surface area contributed by atoms with Crippen molar-refractivity contribution in [1.82, 2.24) is 20.5 Å². The molecule has 6 rings (SSSR count). The van der Waals surface area contributed by atoms with Gasteiger partial charge in [-0.15, -0.1) is 0 Å². The predicted molar refractivity (Wildman–Crippen MR) is 135 cm³/mol. The maximum absolute atomic E-state index is 14.0. The van der Waals surface area contributed by atoms with E-state index in [2.05, 4.69) is 20.5 Å². The van der Waals surface area contributed by atoms with E-state index in [9.17, 15) is 31.4 Å². The molecule has 0 unspecified atom stereocenters. The number of thiazole rings is 1. The average molecular weight is 566 g/mol. The molecule has 2 aromatic heterocycles. The molecule has 39 heavy (non-hydrogen) atoms. The van der Waals surface area contributed by atoms with Gasteiger partial charge in [0.2, 0.25) is 5.88 Å². The summed E-state index contributed by atoms with van der Waals surface area (Å²) >= 11 is 1.13. The van der Waals surface area contributed by atoms with E-state index in [4.69, 9.17) is 0 Å². The van der Waals surface area contributed by atoms with E-state index in [1.54, 1.807) is 24.4 Å². The molecular formula is C26H21F6N5OS. The van der Waals surface area contributed by atoms with Gasteiger partial charge in [-0.25, -0.2) is 0 Å². The molecule has 0 bridgehead atoms. The Labute approximate surface area is 222 Å². The van der Waals surface area contributed by atoms with E-state index in [1.165, 1.54) is 0 Å². The molecule has 0 radical (unpaired) electrons. The van der Waals surface area contributed by atoms with Crippen LogP contribution >= 0.6 is 11.3 Å². The lowest BCUT2D eigenvalue weighted by molar-refractivity contribution is -0.143. The van der Waals surface area contributed by atoms with Crippen LogP contribution in [0.4, 0.5) is 31.5 Å². The minimum atomic E-state index is -5.05. The van der Waals surface area contributed by atoms with Crippen LogP contribution in [0.25, 0.3) is 22.6 Å². The number of H-pyrrole nitrogens is 1. The van der Waals surface area contributed by atoms with E-state index in [-0.39, 0.29) is 27.9 Å². The summed E-state index contributed by atoms with van der Waals surface area (Å²) < 4.78 is 81.6. The third-order valence-corrected chi connectivity index (χ3v) is 8.22. The van der Waals surface area contributed by atoms with Crippen LogP contribution < -0.4 is 10.2 Å². The zero-order valence-corrected chi connectivity index (χ0v) is 20.9. The Morgan fingerprint density at radius 2 is 1.85 bits per heavy atom. The van der Waals surface area contributed by atoms with Crippen LogP contribution in [-0.2, 0) is 12.4 Å². The van der Waals surface area contributed by atoms with Crippen molar-refractivity contribution in [3.63, 3.8) is 0 Å². The van der Waals surface area contributed by atoms with Crippen LogP contribution in [0.5, 0.6) is 5.88 Å². The van der Waals surface area contributed by atoms with Gasteiger partial charge >= 0.3 is 12.4 Å². The summed E-state index contributed by atoms with van der Waals surface area (Å²) in [5.74, 6) is -0.364. The molecule has 2 aromatic carbocycles. The quantitative estimate of drug-likeness (QED) is 0.200. The Bertz CT molecular complexity index is 1580. The van der Waals surface area contributed by atoms with E-state index in [1.807, 2.05) is 4.90 Å². The SMILES string of the molecule is Oc1nc(N2CCNC3(CC3)C2)sc1C(=Cc1ccc(C(F)(F)F)cc1C(F)(F)F)c1ccc2[nH]ncc2c1. The lowest BCUT2D eigenvalue weighted by Gasteiger charge is -2.33. The van der Waals surface area contributed by atoms with Gasteiger partial charge in [0.1, 0.15) is 4.88 Å². The number of nitrogens with one attached hydrogen (secondary N) is 2. The molecule has 2 fully saturated rings. The largest absolute Gasteiger partial charge is 0.492 e. The number of aromatic amines is 1. The second-order valence-corrected chi connectivity index (χ2v) is 10.8.